The Morgan fingerprint density at radius 2 is 1.65 bits per heavy atom. The van der Waals surface area contributed by atoms with E-state index in [2.05, 4.69) is 58.8 Å². The average molecular weight is 510 g/mol. The number of benzene rings is 2. The summed E-state index contributed by atoms with van der Waals surface area (Å²) in [5, 5.41) is 6.47. The van der Waals surface area contributed by atoms with Crippen LogP contribution in [-0.2, 0) is 17.9 Å². The summed E-state index contributed by atoms with van der Waals surface area (Å²) in [6, 6.07) is 15.7. The molecule has 2 amide bonds. The first-order chi connectivity index (χ1) is 17.9. The number of carbonyl (C=O) groups excluding carboxylic acids is 2. The molecular weight excluding hydrogens is 466 g/mol. The molecule has 0 aliphatic carbocycles. The number of nitrogens with one attached hydrogen (secondary N) is 2. The highest BCUT2D eigenvalue weighted by molar-refractivity contribution is 5.92. The molecule has 8 nitrogen and oxygen atoms in total. The molecule has 0 unspecified atom stereocenters. The van der Waals surface area contributed by atoms with Gasteiger partial charge in [-0.2, -0.15) is 0 Å². The van der Waals surface area contributed by atoms with Crippen molar-refractivity contribution in [3.63, 3.8) is 0 Å². The molecule has 37 heavy (non-hydrogen) atoms. The van der Waals surface area contributed by atoms with Crippen LogP contribution in [-0.4, -0.2) is 75.0 Å². The van der Waals surface area contributed by atoms with Crippen LogP contribution < -0.4 is 21.1 Å². The average Bonchev–Trinajstić information content (AvgIpc) is 2.90. The molecule has 2 aromatic carbocycles. The van der Waals surface area contributed by atoms with E-state index >= 15 is 0 Å². The normalized spacial score (nSPS) is 14.6. The van der Waals surface area contributed by atoms with Gasteiger partial charge in [-0.1, -0.05) is 24.3 Å². The summed E-state index contributed by atoms with van der Waals surface area (Å²) < 4.78 is 5.82. The Bertz CT molecular complexity index is 955. The lowest BCUT2D eigenvalue weighted by Crippen LogP contribution is -2.40. The van der Waals surface area contributed by atoms with Crippen LogP contribution in [0.3, 0.4) is 0 Å². The van der Waals surface area contributed by atoms with Crippen molar-refractivity contribution in [2.75, 3.05) is 53.4 Å². The van der Waals surface area contributed by atoms with E-state index in [0.717, 1.165) is 82.9 Å². The molecule has 1 fully saturated rings. The second-order valence-electron chi connectivity index (χ2n) is 10.1. The predicted molar refractivity (Wildman–Crippen MR) is 147 cm³/mol. The molecule has 4 N–H and O–H groups in total. The zero-order chi connectivity index (χ0) is 26.5. The Kier molecular flexibility index (Phi) is 11.9. The Balaban J connectivity index is 1.24. The minimum absolute atomic E-state index is 0.103. The lowest BCUT2D eigenvalue weighted by atomic mass is 9.95. The minimum Gasteiger partial charge on any atom is -0.494 e. The second kappa shape index (κ2) is 15.3. The van der Waals surface area contributed by atoms with Crippen LogP contribution in [0.25, 0.3) is 0 Å². The predicted octanol–water partition coefficient (Wildman–Crippen LogP) is 2.62. The van der Waals surface area contributed by atoms with Gasteiger partial charge in [-0.05, 0) is 94.8 Å². The van der Waals surface area contributed by atoms with Crippen molar-refractivity contribution in [3.05, 3.63) is 65.2 Å². The minimum atomic E-state index is -0.414. The summed E-state index contributed by atoms with van der Waals surface area (Å²) in [5.74, 6) is 0.790. The summed E-state index contributed by atoms with van der Waals surface area (Å²) in [6.45, 7) is 6.77. The van der Waals surface area contributed by atoms with Crippen LogP contribution in [0.2, 0.25) is 0 Å². The van der Waals surface area contributed by atoms with Crippen LogP contribution in [0, 0.1) is 5.92 Å². The molecule has 1 aliphatic rings. The lowest BCUT2D eigenvalue weighted by Gasteiger charge is -2.31. The fourth-order valence-electron chi connectivity index (χ4n) is 4.46. The first-order valence-electron chi connectivity index (χ1n) is 13.4. The number of primary amides is 1. The number of nitrogens with zero attached hydrogens (tertiary/aromatic N) is 2. The lowest BCUT2D eigenvalue weighted by molar-refractivity contribution is -0.126. The number of carbonyl (C=O) groups is 2. The largest absolute Gasteiger partial charge is 0.494 e. The van der Waals surface area contributed by atoms with Crippen LogP contribution in [0.1, 0.15) is 47.2 Å². The summed E-state index contributed by atoms with van der Waals surface area (Å²) in [7, 11) is 4.14. The third-order valence-electron chi connectivity index (χ3n) is 6.70. The van der Waals surface area contributed by atoms with Crippen LogP contribution in [0.4, 0.5) is 0 Å². The van der Waals surface area contributed by atoms with Crippen LogP contribution in [0.5, 0.6) is 5.75 Å². The number of hydrogen-bond acceptors (Lipinski definition) is 6. The molecule has 0 saturated carbocycles. The number of rotatable bonds is 15. The van der Waals surface area contributed by atoms with E-state index < -0.39 is 5.91 Å². The zero-order valence-corrected chi connectivity index (χ0v) is 22.4. The van der Waals surface area contributed by atoms with Gasteiger partial charge in [-0.25, -0.2) is 0 Å². The highest BCUT2D eigenvalue weighted by atomic mass is 16.5. The fraction of sp³-hybridized carbons (Fsp3) is 0.517. The van der Waals surface area contributed by atoms with Gasteiger partial charge in [0.1, 0.15) is 5.75 Å². The van der Waals surface area contributed by atoms with Crippen molar-refractivity contribution in [1.29, 1.82) is 0 Å². The van der Waals surface area contributed by atoms with Gasteiger partial charge in [0.05, 0.1) is 6.61 Å². The van der Waals surface area contributed by atoms with E-state index in [-0.39, 0.29) is 11.8 Å². The first kappa shape index (κ1) is 28.6. The molecule has 3 rings (SSSR count). The maximum Gasteiger partial charge on any atom is 0.248 e. The molecule has 0 spiro atoms. The number of amides is 2. The highest BCUT2D eigenvalue weighted by Gasteiger charge is 2.24. The SMILES string of the molecule is CN(C)CCCOc1ccc(CN2CCC(C(=O)NCCCNCc3ccc(C(N)=O)cc3)CC2)cc1. The standard InChI is InChI=1S/C29H43N5O3/c1-33(2)17-4-20-37-27-11-7-24(8-12-27)22-34-18-13-26(14-19-34)29(36)32-16-3-15-31-21-23-5-9-25(10-6-23)28(30)35/h5-12,26,31H,3-4,13-22H2,1-2H3,(H2,30,35)(H,32,36). The number of nitrogens with two attached hydrogens (primary N) is 1. The molecule has 0 radical (unpaired) electrons. The van der Waals surface area contributed by atoms with Crippen molar-refractivity contribution in [2.24, 2.45) is 11.7 Å². The van der Waals surface area contributed by atoms with Crippen molar-refractivity contribution in [3.8, 4) is 5.75 Å². The quantitative estimate of drug-likeness (QED) is 0.319. The Labute approximate surface area is 221 Å². The smallest absolute Gasteiger partial charge is 0.248 e. The van der Waals surface area contributed by atoms with Crippen molar-refractivity contribution in [2.45, 2.75) is 38.8 Å². The Hall–Kier alpha value is -2.94. The fourth-order valence-corrected chi connectivity index (χ4v) is 4.46. The van der Waals surface area contributed by atoms with E-state index in [0.29, 0.717) is 12.1 Å². The van der Waals surface area contributed by atoms with E-state index in [9.17, 15) is 9.59 Å². The highest BCUT2D eigenvalue weighted by Crippen LogP contribution is 2.20. The van der Waals surface area contributed by atoms with Crippen molar-refractivity contribution < 1.29 is 14.3 Å². The zero-order valence-electron chi connectivity index (χ0n) is 22.4. The summed E-state index contributed by atoms with van der Waals surface area (Å²) in [6.07, 6.45) is 3.69. The molecule has 0 bridgehead atoms. The van der Waals surface area contributed by atoms with Gasteiger partial charge in [0.2, 0.25) is 11.8 Å². The first-order valence-corrected chi connectivity index (χ1v) is 13.4. The van der Waals surface area contributed by atoms with E-state index in [1.807, 2.05) is 12.1 Å². The van der Waals surface area contributed by atoms with Gasteiger partial charge >= 0.3 is 0 Å². The molecule has 1 saturated heterocycles. The van der Waals surface area contributed by atoms with Crippen molar-refractivity contribution in [1.82, 2.24) is 20.4 Å². The van der Waals surface area contributed by atoms with Crippen molar-refractivity contribution >= 4 is 11.8 Å². The van der Waals surface area contributed by atoms with Gasteiger partial charge in [-0.3, -0.25) is 14.5 Å². The van der Waals surface area contributed by atoms with Gasteiger partial charge in [0.15, 0.2) is 0 Å². The van der Waals surface area contributed by atoms with Gasteiger partial charge in [0, 0.05) is 37.7 Å². The number of ether oxygens (including phenoxy) is 1. The maximum atomic E-state index is 12.6. The van der Waals surface area contributed by atoms with Gasteiger partial charge < -0.3 is 26.0 Å². The number of piperidine rings is 1. The van der Waals surface area contributed by atoms with E-state index in [4.69, 9.17) is 10.5 Å². The topological polar surface area (TPSA) is 99.9 Å². The maximum absolute atomic E-state index is 12.6. The third kappa shape index (κ3) is 10.5. The van der Waals surface area contributed by atoms with Crippen LogP contribution >= 0.6 is 0 Å². The van der Waals surface area contributed by atoms with E-state index in [1.165, 1.54) is 5.56 Å². The summed E-state index contributed by atoms with van der Waals surface area (Å²) in [4.78, 5) is 28.3. The Morgan fingerprint density at radius 3 is 2.30 bits per heavy atom. The molecule has 0 atom stereocenters. The third-order valence-corrected chi connectivity index (χ3v) is 6.70. The van der Waals surface area contributed by atoms with Gasteiger partial charge in [0.25, 0.3) is 0 Å². The molecule has 8 heteroatoms. The molecule has 0 aromatic heterocycles. The molecule has 202 valence electrons. The molecule has 1 heterocycles. The molecule has 1 aliphatic heterocycles. The molecular formula is C29H43N5O3. The van der Waals surface area contributed by atoms with Gasteiger partial charge in [-0.15, -0.1) is 0 Å². The number of hydrogen-bond donors (Lipinski definition) is 3. The molecule has 2 aromatic rings. The monoisotopic (exact) mass is 509 g/mol. The summed E-state index contributed by atoms with van der Waals surface area (Å²) >= 11 is 0. The number of likely N-dealkylation sites (tertiary alicyclic amines) is 1. The van der Waals surface area contributed by atoms with E-state index in [1.54, 1.807) is 12.1 Å². The second-order valence-corrected chi connectivity index (χ2v) is 10.1. The summed E-state index contributed by atoms with van der Waals surface area (Å²) in [5.41, 5.74) is 8.16. The van der Waals surface area contributed by atoms with Crippen LogP contribution in [0.15, 0.2) is 48.5 Å². The Morgan fingerprint density at radius 1 is 0.973 bits per heavy atom.